The molecular weight excluding hydrogens is 344 g/mol. The second-order valence-corrected chi connectivity index (χ2v) is 6.86. The minimum atomic E-state index is -0.671. The quantitative estimate of drug-likeness (QED) is 0.346. The number of thioether (sulfide) groups is 1. The van der Waals surface area contributed by atoms with Gasteiger partial charge in [0.1, 0.15) is 0 Å². The zero-order chi connectivity index (χ0) is 15.9. The van der Waals surface area contributed by atoms with Crippen molar-refractivity contribution >= 4 is 46.6 Å². The van der Waals surface area contributed by atoms with Gasteiger partial charge in [-0.1, -0.05) is 17.7 Å². The van der Waals surface area contributed by atoms with Gasteiger partial charge in [0.2, 0.25) is 5.75 Å². The Bertz CT molecular complexity index is 675. The molecule has 116 valence electrons. The van der Waals surface area contributed by atoms with Crippen molar-refractivity contribution in [2.75, 3.05) is 12.3 Å². The Kier molecular flexibility index (Phi) is 6.23. The predicted octanol–water partition coefficient (Wildman–Crippen LogP) is 4.37. The van der Waals surface area contributed by atoms with Gasteiger partial charge < -0.3 is 5.11 Å². The number of nitro groups is 1. The van der Waals surface area contributed by atoms with Gasteiger partial charge in [0.25, 0.3) is 0 Å². The van der Waals surface area contributed by atoms with Gasteiger partial charge in [-0.15, -0.1) is 11.3 Å². The highest BCUT2D eigenvalue weighted by Crippen LogP contribution is 2.32. The number of benzene rings is 1. The van der Waals surface area contributed by atoms with Gasteiger partial charge in [-0.25, -0.2) is 0 Å². The molecule has 0 aliphatic heterocycles. The van der Waals surface area contributed by atoms with Crippen LogP contribution in [0.3, 0.4) is 0 Å². The Labute approximate surface area is 140 Å². The fourth-order valence-corrected chi connectivity index (χ4v) is 3.60. The van der Waals surface area contributed by atoms with Crippen molar-refractivity contribution in [3.05, 3.63) is 55.2 Å². The first-order valence-electron chi connectivity index (χ1n) is 6.35. The van der Waals surface area contributed by atoms with Crippen LogP contribution >= 0.6 is 34.7 Å². The van der Waals surface area contributed by atoms with Gasteiger partial charge in [0.15, 0.2) is 0 Å². The molecule has 1 aromatic carbocycles. The normalized spacial score (nSPS) is 11.1. The fraction of sp³-hybridized carbons (Fsp3) is 0.214. The minimum Gasteiger partial charge on any atom is -0.502 e. The van der Waals surface area contributed by atoms with E-state index in [1.807, 2.05) is 11.4 Å². The molecule has 22 heavy (non-hydrogen) atoms. The third-order valence-corrected chi connectivity index (χ3v) is 4.96. The summed E-state index contributed by atoms with van der Waals surface area (Å²) in [5.41, 5.74) is -0.163. The maximum Gasteiger partial charge on any atom is 0.312 e. The number of nitro benzene ring substituents is 1. The van der Waals surface area contributed by atoms with E-state index in [4.69, 9.17) is 11.6 Å². The summed E-state index contributed by atoms with van der Waals surface area (Å²) in [5, 5.41) is 22.8. The van der Waals surface area contributed by atoms with Crippen LogP contribution in [0.2, 0.25) is 5.02 Å². The summed E-state index contributed by atoms with van der Waals surface area (Å²) >= 11 is 9.29. The molecule has 0 unspecified atom stereocenters. The summed E-state index contributed by atoms with van der Waals surface area (Å²) in [6, 6.07) is 6.68. The molecule has 5 nitrogen and oxygen atoms in total. The van der Waals surface area contributed by atoms with Crippen molar-refractivity contribution in [2.24, 2.45) is 4.99 Å². The monoisotopic (exact) mass is 356 g/mol. The number of phenolic OH excluding ortho intramolecular Hbond substituents is 1. The summed E-state index contributed by atoms with van der Waals surface area (Å²) in [6.45, 7) is 0.565. The number of phenols is 1. The van der Waals surface area contributed by atoms with Crippen LogP contribution in [0.4, 0.5) is 5.69 Å². The molecule has 0 saturated heterocycles. The van der Waals surface area contributed by atoms with Crippen LogP contribution in [-0.2, 0) is 5.75 Å². The van der Waals surface area contributed by atoms with E-state index in [1.165, 1.54) is 17.2 Å². The molecule has 0 fully saturated rings. The molecule has 0 bridgehead atoms. The van der Waals surface area contributed by atoms with Crippen molar-refractivity contribution in [1.82, 2.24) is 0 Å². The third-order valence-electron chi connectivity index (χ3n) is 2.70. The van der Waals surface area contributed by atoms with E-state index in [1.54, 1.807) is 23.1 Å². The van der Waals surface area contributed by atoms with E-state index in [-0.39, 0.29) is 10.6 Å². The zero-order valence-electron chi connectivity index (χ0n) is 11.4. The first-order valence-corrected chi connectivity index (χ1v) is 8.76. The van der Waals surface area contributed by atoms with Crippen LogP contribution in [0.5, 0.6) is 5.75 Å². The molecule has 0 saturated carbocycles. The molecule has 0 aliphatic carbocycles. The molecule has 0 amide bonds. The van der Waals surface area contributed by atoms with Gasteiger partial charge >= 0.3 is 5.69 Å². The van der Waals surface area contributed by atoms with Gasteiger partial charge in [-0.3, -0.25) is 15.1 Å². The number of aromatic hydroxyl groups is 1. The minimum absolute atomic E-state index is 0.193. The van der Waals surface area contributed by atoms with E-state index in [0.29, 0.717) is 6.54 Å². The molecule has 0 atom stereocenters. The van der Waals surface area contributed by atoms with Crippen molar-refractivity contribution in [1.29, 1.82) is 0 Å². The van der Waals surface area contributed by atoms with Crippen molar-refractivity contribution in [3.63, 3.8) is 0 Å². The molecule has 2 rings (SSSR count). The highest BCUT2D eigenvalue weighted by Gasteiger charge is 2.17. The van der Waals surface area contributed by atoms with E-state index < -0.39 is 16.4 Å². The number of rotatable bonds is 7. The van der Waals surface area contributed by atoms with Crippen LogP contribution in [0.1, 0.15) is 10.4 Å². The van der Waals surface area contributed by atoms with Crippen molar-refractivity contribution in [3.8, 4) is 5.75 Å². The number of halogens is 1. The second kappa shape index (κ2) is 8.17. The lowest BCUT2D eigenvalue weighted by Gasteiger charge is -2.01. The average molecular weight is 357 g/mol. The molecule has 1 N–H and O–H groups in total. The zero-order valence-corrected chi connectivity index (χ0v) is 13.8. The molecule has 0 spiro atoms. The molecule has 0 radical (unpaired) electrons. The van der Waals surface area contributed by atoms with Gasteiger partial charge in [-0.2, -0.15) is 11.8 Å². The lowest BCUT2D eigenvalue weighted by Crippen LogP contribution is -1.94. The van der Waals surface area contributed by atoms with E-state index in [2.05, 4.69) is 11.1 Å². The standard InChI is InChI=1S/C14H13ClN2O3S2/c15-11-6-10(14(18)13(7-11)17(19)20)8-16-3-5-21-9-12-2-1-4-22-12/h1-2,4,6-8,18H,3,5,9H2. The van der Waals surface area contributed by atoms with Crippen molar-refractivity contribution in [2.45, 2.75) is 5.75 Å². The average Bonchev–Trinajstić information content (AvgIpc) is 2.98. The fourth-order valence-electron chi connectivity index (χ4n) is 1.69. The van der Waals surface area contributed by atoms with E-state index in [9.17, 15) is 15.2 Å². The van der Waals surface area contributed by atoms with Gasteiger partial charge in [-0.05, 0) is 17.5 Å². The number of thiophene rings is 1. The van der Waals surface area contributed by atoms with Crippen LogP contribution in [0.15, 0.2) is 34.6 Å². The molecule has 0 aliphatic rings. The maximum atomic E-state index is 10.8. The first-order chi connectivity index (χ1) is 10.6. The molecular formula is C14H13ClN2O3S2. The number of hydrogen-bond acceptors (Lipinski definition) is 6. The second-order valence-electron chi connectivity index (χ2n) is 4.29. The van der Waals surface area contributed by atoms with E-state index in [0.717, 1.165) is 17.6 Å². The maximum absolute atomic E-state index is 10.8. The lowest BCUT2D eigenvalue weighted by molar-refractivity contribution is -0.385. The summed E-state index contributed by atoms with van der Waals surface area (Å²) in [7, 11) is 0. The Balaban J connectivity index is 1.88. The number of hydrogen-bond donors (Lipinski definition) is 1. The third kappa shape index (κ3) is 4.72. The van der Waals surface area contributed by atoms with Crippen molar-refractivity contribution < 1.29 is 10.0 Å². The summed E-state index contributed by atoms with van der Waals surface area (Å²) < 4.78 is 0. The van der Waals surface area contributed by atoms with E-state index >= 15 is 0 Å². The lowest BCUT2D eigenvalue weighted by atomic mass is 10.2. The highest BCUT2D eigenvalue weighted by molar-refractivity contribution is 7.98. The highest BCUT2D eigenvalue weighted by atomic mass is 35.5. The first kappa shape index (κ1) is 16.8. The van der Waals surface area contributed by atoms with Crippen LogP contribution < -0.4 is 0 Å². The Morgan fingerprint density at radius 1 is 1.50 bits per heavy atom. The van der Waals surface area contributed by atoms with Crippen LogP contribution in [0, 0.1) is 10.1 Å². The van der Waals surface area contributed by atoms with Gasteiger partial charge in [0, 0.05) is 45.8 Å². The molecule has 1 heterocycles. The Morgan fingerprint density at radius 2 is 2.32 bits per heavy atom. The predicted molar refractivity (Wildman–Crippen MR) is 92.7 cm³/mol. The molecule has 8 heteroatoms. The van der Waals surface area contributed by atoms with Crippen LogP contribution in [0.25, 0.3) is 0 Å². The number of aliphatic imine (C=N–C) groups is 1. The molecule has 1 aromatic heterocycles. The SMILES string of the molecule is O=[N+]([O-])c1cc(Cl)cc(C=NCCSCc2cccs2)c1O. The summed E-state index contributed by atoms with van der Waals surface area (Å²) in [6.07, 6.45) is 1.42. The van der Waals surface area contributed by atoms with Gasteiger partial charge in [0.05, 0.1) is 4.92 Å². The summed E-state index contributed by atoms with van der Waals surface area (Å²) in [4.78, 5) is 15.6. The Morgan fingerprint density at radius 3 is 3.00 bits per heavy atom. The topological polar surface area (TPSA) is 75.7 Å². The van der Waals surface area contributed by atoms with Crippen LogP contribution in [-0.4, -0.2) is 28.5 Å². The largest absolute Gasteiger partial charge is 0.502 e. The smallest absolute Gasteiger partial charge is 0.312 e. The Hall–Kier alpha value is -1.57. The summed E-state index contributed by atoms with van der Waals surface area (Å²) in [5.74, 6) is 1.36. The number of nitrogens with zero attached hydrogens (tertiary/aromatic N) is 2. The molecule has 2 aromatic rings.